The van der Waals surface area contributed by atoms with Gasteiger partial charge in [0.1, 0.15) is 0 Å². The minimum Gasteiger partial charge on any atom is -0.308 e. The zero-order chi connectivity index (χ0) is 23.8. The third-order valence-corrected chi connectivity index (χ3v) is 6.96. The molecule has 1 N–H and O–H groups in total. The summed E-state index contributed by atoms with van der Waals surface area (Å²) >= 11 is 0. The zero-order valence-corrected chi connectivity index (χ0v) is 18.5. The van der Waals surface area contributed by atoms with Gasteiger partial charge in [0.05, 0.1) is 10.5 Å². The maximum absolute atomic E-state index is 13.2. The molecule has 172 valence electrons. The van der Waals surface area contributed by atoms with Crippen LogP contribution in [0.2, 0.25) is 0 Å². The second-order valence-corrected chi connectivity index (χ2v) is 9.59. The van der Waals surface area contributed by atoms with Crippen LogP contribution in [0.3, 0.4) is 0 Å². The lowest BCUT2D eigenvalue weighted by molar-refractivity contribution is -0.139. The van der Waals surface area contributed by atoms with Crippen LogP contribution in [-0.4, -0.2) is 20.9 Å². The number of fused-ring (bicyclic) bond motifs is 1. The third-order valence-electron chi connectivity index (χ3n) is 5.50. The number of alkyl halides is 3. The molecule has 1 heterocycles. The standard InChI is InChI=1S/C24H21F3N2O3S/c1-16-5-4-6-19(13-16)23(30)29-12-11-18-14-17(9-10-21(18)29)15-28-33(31,32)22-8-3-2-7-20(22)24(25,26)27/h2-10,13-14,28H,11-12,15H2,1H3. The topological polar surface area (TPSA) is 66.5 Å². The molecule has 0 unspecified atom stereocenters. The average molecular weight is 475 g/mol. The van der Waals surface area contributed by atoms with Crippen LogP contribution >= 0.6 is 0 Å². The van der Waals surface area contributed by atoms with Gasteiger partial charge < -0.3 is 4.90 Å². The lowest BCUT2D eigenvalue weighted by Gasteiger charge is -2.18. The van der Waals surface area contributed by atoms with Crippen LogP contribution in [0.4, 0.5) is 18.9 Å². The second-order valence-electron chi connectivity index (χ2n) is 7.86. The van der Waals surface area contributed by atoms with E-state index in [1.807, 2.05) is 25.1 Å². The van der Waals surface area contributed by atoms with Crippen LogP contribution < -0.4 is 9.62 Å². The van der Waals surface area contributed by atoms with Crippen LogP contribution in [0.25, 0.3) is 0 Å². The van der Waals surface area contributed by atoms with Crippen molar-refractivity contribution in [2.75, 3.05) is 11.4 Å². The van der Waals surface area contributed by atoms with E-state index in [-0.39, 0.29) is 12.5 Å². The van der Waals surface area contributed by atoms with Crippen molar-refractivity contribution >= 4 is 21.6 Å². The van der Waals surface area contributed by atoms with E-state index in [4.69, 9.17) is 0 Å². The Balaban J connectivity index is 1.52. The Kier molecular flexibility index (Phi) is 6.02. The normalized spacial score (nSPS) is 13.8. The highest BCUT2D eigenvalue weighted by Gasteiger charge is 2.36. The first-order valence-electron chi connectivity index (χ1n) is 10.2. The zero-order valence-electron chi connectivity index (χ0n) is 17.7. The number of hydrogen-bond donors (Lipinski definition) is 1. The number of aryl methyl sites for hydroxylation is 1. The predicted octanol–water partition coefficient (Wildman–Crippen LogP) is 4.70. The van der Waals surface area contributed by atoms with Crippen LogP contribution in [0.1, 0.15) is 32.6 Å². The molecule has 5 nitrogen and oxygen atoms in total. The Morgan fingerprint density at radius 2 is 1.79 bits per heavy atom. The van der Waals surface area contributed by atoms with Crippen molar-refractivity contribution in [2.24, 2.45) is 0 Å². The molecule has 3 aromatic carbocycles. The van der Waals surface area contributed by atoms with E-state index >= 15 is 0 Å². The number of halogens is 3. The summed E-state index contributed by atoms with van der Waals surface area (Å²) in [6, 6.07) is 16.6. The van der Waals surface area contributed by atoms with Crippen molar-refractivity contribution in [3.63, 3.8) is 0 Å². The van der Waals surface area contributed by atoms with Gasteiger partial charge >= 0.3 is 6.18 Å². The van der Waals surface area contributed by atoms with Gasteiger partial charge in [-0.25, -0.2) is 13.1 Å². The lowest BCUT2D eigenvalue weighted by atomic mass is 10.1. The molecule has 0 aliphatic carbocycles. The van der Waals surface area contributed by atoms with Crippen molar-refractivity contribution in [2.45, 2.75) is 31.0 Å². The van der Waals surface area contributed by atoms with Gasteiger partial charge in [0, 0.05) is 24.3 Å². The summed E-state index contributed by atoms with van der Waals surface area (Å²) in [5, 5.41) is 0. The molecule has 1 aliphatic rings. The number of nitrogens with zero attached hydrogens (tertiary/aromatic N) is 1. The van der Waals surface area contributed by atoms with Crippen LogP contribution in [-0.2, 0) is 29.2 Å². The molecular formula is C24H21F3N2O3S. The van der Waals surface area contributed by atoms with Crippen LogP contribution in [0, 0.1) is 6.92 Å². The molecule has 0 spiro atoms. The molecular weight excluding hydrogens is 453 g/mol. The number of anilines is 1. The molecule has 33 heavy (non-hydrogen) atoms. The number of sulfonamides is 1. The maximum Gasteiger partial charge on any atom is 0.417 e. The van der Waals surface area contributed by atoms with Gasteiger partial charge in [0.25, 0.3) is 5.91 Å². The Morgan fingerprint density at radius 3 is 2.52 bits per heavy atom. The maximum atomic E-state index is 13.2. The molecule has 0 atom stereocenters. The van der Waals surface area contributed by atoms with E-state index in [1.165, 1.54) is 6.07 Å². The number of benzene rings is 3. The summed E-state index contributed by atoms with van der Waals surface area (Å²) in [5.74, 6) is -0.116. The van der Waals surface area contributed by atoms with E-state index in [2.05, 4.69) is 4.72 Å². The van der Waals surface area contributed by atoms with Gasteiger partial charge in [-0.2, -0.15) is 13.2 Å². The van der Waals surface area contributed by atoms with Gasteiger partial charge in [0.2, 0.25) is 10.0 Å². The van der Waals surface area contributed by atoms with Crippen LogP contribution in [0.5, 0.6) is 0 Å². The fourth-order valence-electron chi connectivity index (χ4n) is 3.90. The highest BCUT2D eigenvalue weighted by molar-refractivity contribution is 7.89. The van der Waals surface area contributed by atoms with Crippen molar-refractivity contribution in [1.82, 2.24) is 4.72 Å². The van der Waals surface area contributed by atoms with Crippen molar-refractivity contribution in [1.29, 1.82) is 0 Å². The third kappa shape index (κ3) is 4.79. The summed E-state index contributed by atoms with van der Waals surface area (Å²) in [7, 11) is -4.39. The molecule has 0 radical (unpaired) electrons. The monoisotopic (exact) mass is 474 g/mol. The summed E-state index contributed by atoms with van der Waals surface area (Å²) < 4.78 is 67.0. The predicted molar refractivity (Wildman–Crippen MR) is 118 cm³/mol. The van der Waals surface area contributed by atoms with Gasteiger partial charge in [0.15, 0.2) is 0 Å². The Labute approximate surface area is 189 Å². The van der Waals surface area contributed by atoms with Crippen LogP contribution in [0.15, 0.2) is 71.6 Å². The second kappa shape index (κ2) is 8.64. The molecule has 0 aromatic heterocycles. The molecule has 0 bridgehead atoms. The van der Waals surface area contributed by atoms with Gasteiger partial charge in [-0.3, -0.25) is 4.79 Å². The molecule has 0 saturated heterocycles. The quantitative estimate of drug-likeness (QED) is 0.583. The largest absolute Gasteiger partial charge is 0.417 e. The van der Waals surface area contributed by atoms with Gasteiger partial charge in [-0.1, -0.05) is 42.0 Å². The molecule has 3 aromatic rings. The molecule has 0 saturated carbocycles. The van der Waals surface area contributed by atoms with Crippen molar-refractivity contribution in [3.05, 3.63) is 94.5 Å². The molecule has 4 rings (SSSR count). The van der Waals surface area contributed by atoms with E-state index in [1.54, 1.807) is 29.2 Å². The summed E-state index contributed by atoms with van der Waals surface area (Å²) in [6.45, 7) is 2.24. The van der Waals surface area contributed by atoms with Crippen molar-refractivity contribution in [3.8, 4) is 0 Å². The summed E-state index contributed by atoms with van der Waals surface area (Å²) in [4.78, 5) is 13.8. The first-order valence-corrected chi connectivity index (χ1v) is 11.7. The summed E-state index contributed by atoms with van der Waals surface area (Å²) in [5.41, 5.74) is 2.57. The van der Waals surface area contributed by atoms with Crippen molar-refractivity contribution < 1.29 is 26.4 Å². The fraction of sp³-hybridized carbons (Fsp3) is 0.208. The SMILES string of the molecule is Cc1cccc(C(=O)N2CCc3cc(CNS(=O)(=O)c4ccccc4C(F)(F)F)ccc32)c1. The first kappa shape index (κ1) is 23.0. The number of rotatable bonds is 5. The smallest absolute Gasteiger partial charge is 0.308 e. The summed E-state index contributed by atoms with van der Waals surface area (Å²) in [6.07, 6.45) is -4.18. The molecule has 9 heteroatoms. The Morgan fingerprint density at radius 1 is 1.03 bits per heavy atom. The minimum absolute atomic E-state index is 0.116. The highest BCUT2D eigenvalue weighted by Crippen LogP contribution is 2.34. The van der Waals surface area contributed by atoms with E-state index in [0.29, 0.717) is 24.1 Å². The number of hydrogen-bond acceptors (Lipinski definition) is 3. The lowest BCUT2D eigenvalue weighted by Crippen LogP contribution is -2.29. The van der Waals surface area contributed by atoms with E-state index in [9.17, 15) is 26.4 Å². The molecule has 0 fully saturated rings. The number of carbonyl (C=O) groups excluding carboxylic acids is 1. The van der Waals surface area contributed by atoms with E-state index in [0.717, 1.165) is 35.0 Å². The fourth-order valence-corrected chi connectivity index (χ4v) is 5.14. The Bertz CT molecular complexity index is 1320. The number of amides is 1. The molecule has 1 amide bonds. The number of nitrogens with one attached hydrogen (secondary N) is 1. The average Bonchev–Trinajstić information content (AvgIpc) is 3.20. The highest BCUT2D eigenvalue weighted by atomic mass is 32.2. The molecule has 1 aliphatic heterocycles. The van der Waals surface area contributed by atoms with Gasteiger partial charge in [-0.05, 0) is 54.8 Å². The Hall–Kier alpha value is -3.17. The van der Waals surface area contributed by atoms with Gasteiger partial charge in [-0.15, -0.1) is 0 Å². The van der Waals surface area contributed by atoms with E-state index < -0.39 is 26.7 Å². The minimum atomic E-state index is -4.79. The number of carbonyl (C=O) groups is 1. The first-order chi connectivity index (χ1) is 15.6.